The highest BCUT2D eigenvalue weighted by molar-refractivity contribution is 6.85. The first-order valence-electron chi connectivity index (χ1n) is 9.38. The van der Waals surface area contributed by atoms with Crippen LogP contribution in [0.15, 0.2) is 60.7 Å². The first-order chi connectivity index (χ1) is 11.4. The van der Waals surface area contributed by atoms with Crippen molar-refractivity contribution in [3.8, 4) is 0 Å². The molecule has 0 saturated carbocycles. The number of hydrogen-bond acceptors (Lipinski definition) is 0. The Hall–Kier alpha value is -1.34. The van der Waals surface area contributed by atoms with Gasteiger partial charge in [-0.1, -0.05) is 135 Å². The van der Waals surface area contributed by atoms with Crippen LogP contribution in [0.1, 0.15) is 58.3 Å². The van der Waals surface area contributed by atoms with Crippen molar-refractivity contribution >= 4 is 19.2 Å². The second kappa shape index (κ2) is 11.2. The van der Waals surface area contributed by atoms with Gasteiger partial charge >= 0.3 is 0 Å². The molecular formula is C22H31Si. The van der Waals surface area contributed by atoms with Crippen molar-refractivity contribution in [3.05, 3.63) is 60.7 Å². The lowest BCUT2D eigenvalue weighted by molar-refractivity contribution is 0.584. The van der Waals surface area contributed by atoms with E-state index < -0.39 is 8.80 Å². The summed E-state index contributed by atoms with van der Waals surface area (Å²) >= 11 is 0. The Kier molecular flexibility index (Phi) is 8.79. The molecule has 2 rings (SSSR count). The van der Waals surface area contributed by atoms with E-state index in [4.69, 9.17) is 0 Å². The van der Waals surface area contributed by atoms with E-state index in [2.05, 4.69) is 67.6 Å². The third-order valence-corrected chi connectivity index (χ3v) is 7.44. The number of benzene rings is 2. The van der Waals surface area contributed by atoms with Crippen molar-refractivity contribution in [2.24, 2.45) is 0 Å². The van der Waals surface area contributed by atoms with E-state index in [1.807, 2.05) is 0 Å². The first-order valence-corrected chi connectivity index (χ1v) is 11.1. The second-order valence-electron chi connectivity index (χ2n) is 6.44. The molecule has 0 unspecified atom stereocenters. The quantitative estimate of drug-likeness (QED) is 0.382. The van der Waals surface area contributed by atoms with Crippen LogP contribution >= 0.6 is 0 Å². The monoisotopic (exact) mass is 323 g/mol. The van der Waals surface area contributed by atoms with Gasteiger partial charge in [-0.05, 0) is 0 Å². The van der Waals surface area contributed by atoms with E-state index in [1.165, 1.54) is 57.4 Å². The molecule has 0 spiro atoms. The summed E-state index contributed by atoms with van der Waals surface area (Å²) in [5.41, 5.74) is 0. The Morgan fingerprint density at radius 1 is 0.565 bits per heavy atom. The summed E-state index contributed by atoms with van der Waals surface area (Å²) in [6.07, 6.45) is 11.3. The minimum absolute atomic E-state index is 0.601. The van der Waals surface area contributed by atoms with Crippen molar-refractivity contribution in [3.63, 3.8) is 0 Å². The van der Waals surface area contributed by atoms with Gasteiger partial charge in [-0.15, -0.1) is 0 Å². The van der Waals surface area contributed by atoms with Crippen LogP contribution in [-0.4, -0.2) is 8.80 Å². The van der Waals surface area contributed by atoms with Gasteiger partial charge in [0.1, 0.15) is 8.80 Å². The van der Waals surface area contributed by atoms with Crippen LogP contribution in [0.2, 0.25) is 6.04 Å². The summed E-state index contributed by atoms with van der Waals surface area (Å²) in [5.74, 6) is 0. The molecule has 0 bridgehead atoms. The largest absolute Gasteiger partial charge is 0.121 e. The van der Waals surface area contributed by atoms with E-state index in [1.54, 1.807) is 10.4 Å². The van der Waals surface area contributed by atoms with Gasteiger partial charge in [-0.25, -0.2) is 0 Å². The third kappa shape index (κ3) is 6.74. The number of hydrogen-bond donors (Lipinski definition) is 0. The van der Waals surface area contributed by atoms with Crippen LogP contribution in [-0.2, 0) is 0 Å². The van der Waals surface area contributed by atoms with Crippen LogP contribution in [0.25, 0.3) is 0 Å². The number of unbranched alkanes of at least 4 members (excludes halogenated alkanes) is 7. The fraction of sp³-hybridized carbons (Fsp3) is 0.455. The minimum atomic E-state index is -0.601. The smallest absolute Gasteiger partial charge is 0.0654 e. The van der Waals surface area contributed by atoms with Crippen molar-refractivity contribution < 1.29 is 0 Å². The van der Waals surface area contributed by atoms with Gasteiger partial charge in [-0.2, -0.15) is 0 Å². The molecule has 2 aromatic rings. The maximum Gasteiger partial charge on any atom is 0.121 e. The zero-order valence-electron chi connectivity index (χ0n) is 14.6. The Morgan fingerprint density at radius 3 is 1.48 bits per heavy atom. The molecular weight excluding hydrogens is 292 g/mol. The molecule has 1 heteroatoms. The molecule has 123 valence electrons. The molecule has 2 aromatic carbocycles. The molecule has 0 fully saturated rings. The molecule has 23 heavy (non-hydrogen) atoms. The molecule has 1 radical (unpaired) electrons. The predicted molar refractivity (Wildman–Crippen MR) is 105 cm³/mol. The zero-order valence-corrected chi connectivity index (χ0v) is 15.6. The Bertz CT molecular complexity index is 467. The van der Waals surface area contributed by atoms with E-state index in [0.29, 0.717) is 0 Å². The average molecular weight is 324 g/mol. The lowest BCUT2D eigenvalue weighted by Crippen LogP contribution is -2.41. The summed E-state index contributed by atoms with van der Waals surface area (Å²) in [6.45, 7) is 2.29. The minimum Gasteiger partial charge on any atom is -0.0654 e. The van der Waals surface area contributed by atoms with E-state index >= 15 is 0 Å². The molecule has 0 aliphatic carbocycles. The van der Waals surface area contributed by atoms with Crippen molar-refractivity contribution in [2.45, 2.75) is 64.3 Å². The SMILES string of the molecule is CCCCCCCCCC[Si](c1ccccc1)c1ccccc1. The normalized spacial score (nSPS) is 11.0. The lowest BCUT2D eigenvalue weighted by Gasteiger charge is -2.16. The molecule has 0 aromatic heterocycles. The van der Waals surface area contributed by atoms with Gasteiger partial charge in [0.2, 0.25) is 0 Å². The summed E-state index contributed by atoms with van der Waals surface area (Å²) in [6, 6.07) is 23.7. The number of rotatable bonds is 11. The molecule has 0 heterocycles. The highest BCUT2D eigenvalue weighted by Gasteiger charge is 2.15. The summed E-state index contributed by atoms with van der Waals surface area (Å²) < 4.78 is 0. The van der Waals surface area contributed by atoms with Crippen LogP contribution in [0.3, 0.4) is 0 Å². The van der Waals surface area contributed by atoms with Crippen molar-refractivity contribution in [2.75, 3.05) is 0 Å². The molecule has 0 nitrogen and oxygen atoms in total. The second-order valence-corrected chi connectivity index (χ2v) is 9.05. The molecule has 0 atom stereocenters. The van der Waals surface area contributed by atoms with E-state index in [-0.39, 0.29) is 0 Å². The van der Waals surface area contributed by atoms with Crippen LogP contribution in [0, 0.1) is 0 Å². The fourth-order valence-corrected chi connectivity index (χ4v) is 5.87. The topological polar surface area (TPSA) is 0 Å². The third-order valence-electron chi connectivity index (χ3n) is 4.52. The lowest BCUT2D eigenvalue weighted by atomic mass is 10.1. The maximum atomic E-state index is 2.33. The summed E-state index contributed by atoms with van der Waals surface area (Å²) in [5, 5.41) is 3.12. The molecule has 0 saturated heterocycles. The van der Waals surface area contributed by atoms with Crippen molar-refractivity contribution in [1.82, 2.24) is 0 Å². The summed E-state index contributed by atoms with van der Waals surface area (Å²) in [7, 11) is -0.601. The molecule has 0 aliphatic rings. The van der Waals surface area contributed by atoms with E-state index in [0.717, 1.165) is 0 Å². The van der Waals surface area contributed by atoms with E-state index in [9.17, 15) is 0 Å². The Balaban J connectivity index is 1.80. The van der Waals surface area contributed by atoms with Crippen molar-refractivity contribution in [1.29, 1.82) is 0 Å². The fourth-order valence-electron chi connectivity index (χ4n) is 3.17. The highest BCUT2D eigenvalue weighted by atomic mass is 28.3. The summed E-state index contributed by atoms with van der Waals surface area (Å²) in [4.78, 5) is 0. The molecule has 0 N–H and O–H groups in total. The zero-order chi connectivity index (χ0) is 16.2. The van der Waals surface area contributed by atoms with Gasteiger partial charge in [-0.3, -0.25) is 0 Å². The molecule has 0 amide bonds. The van der Waals surface area contributed by atoms with Gasteiger partial charge in [0.15, 0.2) is 0 Å². The van der Waals surface area contributed by atoms with Gasteiger partial charge in [0, 0.05) is 0 Å². The molecule has 0 aliphatic heterocycles. The highest BCUT2D eigenvalue weighted by Crippen LogP contribution is 2.11. The van der Waals surface area contributed by atoms with Gasteiger partial charge < -0.3 is 0 Å². The maximum absolute atomic E-state index is 2.33. The van der Waals surface area contributed by atoms with Crippen LogP contribution < -0.4 is 10.4 Å². The van der Waals surface area contributed by atoms with Crippen LogP contribution in [0.5, 0.6) is 0 Å². The predicted octanol–water partition coefficient (Wildman–Crippen LogP) is 5.44. The average Bonchev–Trinajstić information content (AvgIpc) is 2.62. The van der Waals surface area contributed by atoms with Gasteiger partial charge in [0.25, 0.3) is 0 Å². The Morgan fingerprint density at radius 2 is 1.00 bits per heavy atom. The van der Waals surface area contributed by atoms with Gasteiger partial charge in [0.05, 0.1) is 0 Å². The Labute approximate surface area is 144 Å². The first kappa shape index (κ1) is 18.0. The van der Waals surface area contributed by atoms with Crippen LogP contribution in [0.4, 0.5) is 0 Å². The standard InChI is InChI=1S/C22H31Si/c1-2-3-4-5-6-7-8-15-20-23(21-16-11-9-12-17-21)22-18-13-10-14-19-22/h9-14,16-19H,2-8,15,20H2,1H3.